The van der Waals surface area contributed by atoms with E-state index >= 15 is 0 Å². The maximum absolute atomic E-state index is 11.6. The van der Waals surface area contributed by atoms with Crippen LogP contribution < -0.4 is 21.3 Å². The van der Waals surface area contributed by atoms with Crippen molar-refractivity contribution in [1.29, 1.82) is 0 Å². The number of nitrogens with one attached hydrogen (secondary N) is 1. The van der Waals surface area contributed by atoms with Crippen molar-refractivity contribution in [3.05, 3.63) is 56.8 Å². The summed E-state index contributed by atoms with van der Waals surface area (Å²) in [7, 11) is 0. The summed E-state index contributed by atoms with van der Waals surface area (Å²) in [5.74, 6) is -0.721. The molecule has 0 spiro atoms. The topological polar surface area (TPSA) is 89.5 Å². The second-order valence-corrected chi connectivity index (χ2v) is 4.72. The van der Waals surface area contributed by atoms with E-state index in [-0.39, 0.29) is 12.2 Å². The van der Waals surface area contributed by atoms with E-state index in [1.807, 2.05) is 12.1 Å². The molecule has 2 N–H and O–H groups in total. The van der Waals surface area contributed by atoms with Gasteiger partial charge in [0.05, 0.1) is 6.61 Å². The third kappa shape index (κ3) is 1.98. The van der Waals surface area contributed by atoms with E-state index in [9.17, 15) is 14.7 Å². The van der Waals surface area contributed by atoms with Gasteiger partial charge in [0, 0.05) is 23.2 Å². The number of rotatable bonds is 4. The monoisotopic (exact) mass is 282 g/mol. The molecule has 106 valence electrons. The molecule has 0 aliphatic carbocycles. The zero-order valence-electron chi connectivity index (χ0n) is 11.1. The van der Waals surface area contributed by atoms with Crippen molar-refractivity contribution in [3.63, 3.8) is 0 Å². The molecule has 0 atom stereocenters. The lowest BCUT2D eigenvalue weighted by Crippen LogP contribution is -2.36. The van der Waals surface area contributed by atoms with Crippen LogP contribution in [0.4, 0.5) is 5.69 Å². The van der Waals surface area contributed by atoms with Crippen LogP contribution in [-0.4, -0.2) is 18.3 Å². The highest BCUT2D eigenvalue weighted by molar-refractivity contribution is 6.04. The van der Waals surface area contributed by atoms with Gasteiger partial charge < -0.3 is 15.5 Å². The zero-order valence-corrected chi connectivity index (χ0v) is 11.1. The first kappa shape index (κ1) is 13.3. The molecule has 5 heteroatoms. The molecule has 0 aromatic heterocycles. The molecule has 0 bridgehead atoms. The Balaban J connectivity index is 2.23. The van der Waals surface area contributed by atoms with Crippen molar-refractivity contribution in [2.75, 3.05) is 18.5 Å². The van der Waals surface area contributed by atoms with Crippen molar-refractivity contribution >= 4 is 16.5 Å². The molecule has 0 aliphatic rings. The summed E-state index contributed by atoms with van der Waals surface area (Å²) in [6.45, 7) is 0.398. The second kappa shape index (κ2) is 5.03. The number of aliphatic hydroxyl groups excluding tert-OH is 1. The van der Waals surface area contributed by atoms with Crippen LogP contribution >= 0.6 is 0 Å². The highest BCUT2D eigenvalue weighted by Crippen LogP contribution is 2.34. The Labute approximate surface area is 119 Å². The number of fused-ring (bicyclic) bond motifs is 1. The van der Waals surface area contributed by atoms with Crippen molar-refractivity contribution in [2.24, 2.45) is 0 Å². The second-order valence-electron chi connectivity index (χ2n) is 4.72. The van der Waals surface area contributed by atoms with Crippen LogP contribution in [0.15, 0.2) is 46.0 Å². The number of aliphatic hydroxyl groups is 1. The first-order valence-electron chi connectivity index (χ1n) is 6.52. The first-order valence-corrected chi connectivity index (χ1v) is 6.52. The Morgan fingerprint density at radius 2 is 1.71 bits per heavy atom. The van der Waals surface area contributed by atoms with E-state index in [1.54, 1.807) is 24.3 Å². The zero-order chi connectivity index (χ0) is 15.0. The van der Waals surface area contributed by atoms with Crippen LogP contribution in [0.2, 0.25) is 0 Å². The summed E-state index contributed by atoms with van der Waals surface area (Å²) in [5.41, 5.74) is -0.424. The summed E-state index contributed by atoms with van der Waals surface area (Å²) in [5, 5.41) is 25.1. The average molecular weight is 282 g/mol. The molecule has 0 heterocycles. The quantitative estimate of drug-likeness (QED) is 0.683. The van der Waals surface area contributed by atoms with Gasteiger partial charge >= 0.3 is 0 Å². The highest BCUT2D eigenvalue weighted by atomic mass is 16.3. The molecule has 0 unspecified atom stereocenters. The van der Waals surface area contributed by atoms with E-state index in [0.717, 1.165) is 16.5 Å². The van der Waals surface area contributed by atoms with Crippen LogP contribution in [0.3, 0.4) is 0 Å². The summed E-state index contributed by atoms with van der Waals surface area (Å²) in [6.07, 6.45) is 0. The predicted octanol–water partition coefficient (Wildman–Crippen LogP) is 0.581. The van der Waals surface area contributed by atoms with Gasteiger partial charge in [-0.25, -0.2) is 0 Å². The van der Waals surface area contributed by atoms with Crippen LogP contribution in [0.1, 0.15) is 0 Å². The lowest BCUT2D eigenvalue weighted by molar-refractivity contribution is -0.270. The van der Waals surface area contributed by atoms with Crippen molar-refractivity contribution in [2.45, 2.75) is 0 Å². The van der Waals surface area contributed by atoms with Gasteiger partial charge in [-0.05, 0) is 22.8 Å². The van der Waals surface area contributed by atoms with Gasteiger partial charge in [0.2, 0.25) is 10.9 Å². The van der Waals surface area contributed by atoms with Crippen molar-refractivity contribution in [1.82, 2.24) is 0 Å². The summed E-state index contributed by atoms with van der Waals surface area (Å²) in [4.78, 5) is 22.7. The molecule has 0 aliphatic heterocycles. The van der Waals surface area contributed by atoms with Crippen LogP contribution in [-0.2, 0) is 0 Å². The average Bonchev–Trinajstić information content (AvgIpc) is 2.53. The van der Waals surface area contributed by atoms with Gasteiger partial charge in [0.15, 0.2) is 0 Å². The largest absolute Gasteiger partial charge is 0.869 e. The minimum Gasteiger partial charge on any atom is -0.869 e. The smallest absolute Gasteiger partial charge is 0.232 e. The Hall–Kier alpha value is -2.66. The summed E-state index contributed by atoms with van der Waals surface area (Å²) in [6, 6.07) is 10.7. The Bertz CT molecular complexity index is 891. The number of anilines is 1. The van der Waals surface area contributed by atoms with Crippen molar-refractivity contribution in [3.8, 4) is 16.9 Å². The van der Waals surface area contributed by atoms with E-state index < -0.39 is 16.6 Å². The van der Waals surface area contributed by atoms with Gasteiger partial charge in [-0.3, -0.25) is 9.59 Å². The fourth-order valence-electron chi connectivity index (χ4n) is 2.48. The molecule has 0 radical (unpaired) electrons. The highest BCUT2D eigenvalue weighted by Gasteiger charge is 2.17. The molecule has 0 saturated heterocycles. The van der Waals surface area contributed by atoms with Gasteiger partial charge in [0.25, 0.3) is 0 Å². The predicted molar refractivity (Wildman–Crippen MR) is 79.3 cm³/mol. The number of hydrogen-bond donors (Lipinski definition) is 2. The van der Waals surface area contributed by atoms with E-state index in [0.29, 0.717) is 12.1 Å². The maximum Gasteiger partial charge on any atom is 0.232 e. The van der Waals surface area contributed by atoms with Crippen molar-refractivity contribution < 1.29 is 10.2 Å². The summed E-state index contributed by atoms with van der Waals surface area (Å²) < 4.78 is 0. The van der Waals surface area contributed by atoms with E-state index in [4.69, 9.17) is 5.11 Å². The SMILES string of the molecule is O=c1c([O-])c(-c2ccc(NCCO)c3ccccc23)c1=O. The minimum atomic E-state index is -0.948. The molecule has 0 fully saturated rings. The Morgan fingerprint density at radius 3 is 2.38 bits per heavy atom. The fraction of sp³-hybridized carbons (Fsp3) is 0.125. The van der Waals surface area contributed by atoms with Gasteiger partial charge in [-0.15, -0.1) is 0 Å². The third-order valence-corrected chi connectivity index (χ3v) is 3.49. The van der Waals surface area contributed by atoms with Gasteiger partial charge in [-0.2, -0.15) is 0 Å². The Morgan fingerprint density at radius 1 is 1.00 bits per heavy atom. The fourth-order valence-corrected chi connectivity index (χ4v) is 2.48. The van der Waals surface area contributed by atoms with E-state index in [2.05, 4.69) is 5.32 Å². The maximum atomic E-state index is 11.6. The number of hydrogen-bond acceptors (Lipinski definition) is 5. The molecular formula is C16H12NO4-. The molecule has 0 saturated carbocycles. The van der Waals surface area contributed by atoms with Crippen LogP contribution in [0.25, 0.3) is 21.9 Å². The van der Waals surface area contributed by atoms with Gasteiger partial charge in [0.1, 0.15) is 0 Å². The molecular weight excluding hydrogens is 270 g/mol. The molecule has 3 aromatic carbocycles. The molecule has 3 rings (SSSR count). The standard InChI is InChI=1S/C16H13NO4/c18-8-7-17-12-6-5-11(9-3-1-2-4-10(9)12)13-14(19)16(21)15(13)20/h1-6,17-19H,7-8H2/p-1. The van der Waals surface area contributed by atoms with Crippen LogP contribution in [0, 0.1) is 0 Å². The molecule has 21 heavy (non-hydrogen) atoms. The minimum absolute atomic E-state index is 0.00106. The lowest BCUT2D eigenvalue weighted by Gasteiger charge is -2.18. The molecule has 0 amide bonds. The molecule has 5 nitrogen and oxygen atoms in total. The summed E-state index contributed by atoms with van der Waals surface area (Å²) >= 11 is 0. The lowest BCUT2D eigenvalue weighted by atomic mass is 9.94. The van der Waals surface area contributed by atoms with Gasteiger partial charge in [-0.1, -0.05) is 30.3 Å². The third-order valence-electron chi connectivity index (χ3n) is 3.49. The number of benzene rings is 2. The normalized spacial score (nSPS) is 11.1. The Kier molecular flexibility index (Phi) is 3.19. The molecule has 3 aromatic rings. The first-order chi connectivity index (χ1) is 10.1. The van der Waals surface area contributed by atoms with Crippen LogP contribution in [0.5, 0.6) is 5.75 Å². The van der Waals surface area contributed by atoms with E-state index in [1.165, 1.54) is 0 Å².